The molecule has 4 nitrogen and oxygen atoms in total. The highest BCUT2D eigenvalue weighted by Gasteiger charge is 2.02. The summed E-state index contributed by atoms with van der Waals surface area (Å²) in [6.45, 7) is 4.57. The molecule has 0 aliphatic heterocycles. The molecule has 0 bridgehead atoms. The maximum absolute atomic E-state index is 4.06. The fourth-order valence-corrected chi connectivity index (χ4v) is 2.73. The van der Waals surface area contributed by atoms with Crippen molar-refractivity contribution in [3.63, 3.8) is 0 Å². The van der Waals surface area contributed by atoms with E-state index in [-0.39, 0.29) is 0 Å². The van der Waals surface area contributed by atoms with Crippen LogP contribution >= 0.6 is 0 Å². The third-order valence-electron chi connectivity index (χ3n) is 4.39. The lowest BCUT2D eigenvalue weighted by Gasteiger charge is -2.19. The number of pyridine rings is 2. The minimum Gasteiger partial charge on any atom is -0.306 e. The molecule has 0 aromatic carbocycles. The largest absolute Gasteiger partial charge is 0.306 e. The van der Waals surface area contributed by atoms with Crippen molar-refractivity contribution in [1.82, 2.24) is 19.8 Å². The van der Waals surface area contributed by atoms with Gasteiger partial charge in [-0.15, -0.1) is 0 Å². The Hall–Kier alpha value is -1.78. The van der Waals surface area contributed by atoms with Gasteiger partial charge in [0.15, 0.2) is 0 Å². The van der Waals surface area contributed by atoms with Crippen LogP contribution in [0.1, 0.15) is 24.0 Å². The number of hydrogen-bond donors (Lipinski definition) is 0. The van der Waals surface area contributed by atoms with Crippen LogP contribution in [0.5, 0.6) is 0 Å². The molecular formula is C20H30N4. The van der Waals surface area contributed by atoms with E-state index >= 15 is 0 Å². The van der Waals surface area contributed by atoms with E-state index < -0.39 is 0 Å². The van der Waals surface area contributed by atoms with Crippen LogP contribution in [-0.4, -0.2) is 60.0 Å². The maximum Gasteiger partial charge on any atom is 0.0270 e. The molecule has 0 aliphatic rings. The van der Waals surface area contributed by atoms with E-state index in [0.29, 0.717) is 0 Å². The Morgan fingerprint density at radius 2 is 1.00 bits per heavy atom. The minimum absolute atomic E-state index is 1.10. The standard InChI is InChI=1S/C20H30N4/c1-23(17-9-19-5-11-21-12-6-19)15-3-4-16-24(2)18-10-20-7-13-22-14-8-20/h5-8,11-14H,3-4,9-10,15-18H2,1-2H3. The fraction of sp³-hybridized carbons (Fsp3) is 0.500. The Balaban J connectivity index is 1.50. The average Bonchev–Trinajstić information content (AvgIpc) is 2.63. The SMILES string of the molecule is CN(CCCCN(C)CCc1ccncc1)CCc1ccncc1. The van der Waals surface area contributed by atoms with E-state index in [1.165, 1.54) is 37.1 Å². The van der Waals surface area contributed by atoms with Crippen molar-refractivity contribution in [2.24, 2.45) is 0 Å². The van der Waals surface area contributed by atoms with Crippen LogP contribution in [0.15, 0.2) is 49.1 Å². The molecule has 0 aliphatic carbocycles. The summed E-state index contributed by atoms with van der Waals surface area (Å²) in [7, 11) is 4.43. The molecule has 0 fully saturated rings. The van der Waals surface area contributed by atoms with Gasteiger partial charge in [-0.25, -0.2) is 0 Å². The number of likely N-dealkylation sites (N-methyl/N-ethyl adjacent to an activating group) is 2. The van der Waals surface area contributed by atoms with Crippen molar-refractivity contribution in [2.45, 2.75) is 25.7 Å². The monoisotopic (exact) mass is 326 g/mol. The van der Waals surface area contributed by atoms with Crippen molar-refractivity contribution in [2.75, 3.05) is 40.3 Å². The van der Waals surface area contributed by atoms with Crippen molar-refractivity contribution < 1.29 is 0 Å². The van der Waals surface area contributed by atoms with Crippen molar-refractivity contribution in [3.8, 4) is 0 Å². The van der Waals surface area contributed by atoms with Gasteiger partial charge in [-0.3, -0.25) is 9.97 Å². The second-order valence-corrected chi connectivity index (χ2v) is 6.52. The lowest BCUT2D eigenvalue weighted by Crippen LogP contribution is -2.25. The van der Waals surface area contributed by atoms with Crippen LogP contribution in [0, 0.1) is 0 Å². The molecule has 0 unspecified atom stereocenters. The molecule has 130 valence electrons. The van der Waals surface area contributed by atoms with Crippen molar-refractivity contribution in [1.29, 1.82) is 0 Å². The van der Waals surface area contributed by atoms with E-state index in [4.69, 9.17) is 0 Å². The summed E-state index contributed by atoms with van der Waals surface area (Å²) in [6, 6.07) is 8.41. The van der Waals surface area contributed by atoms with Crippen LogP contribution in [0.4, 0.5) is 0 Å². The van der Waals surface area contributed by atoms with Gasteiger partial charge >= 0.3 is 0 Å². The molecule has 4 heteroatoms. The summed E-state index contributed by atoms with van der Waals surface area (Å²) >= 11 is 0. The quantitative estimate of drug-likeness (QED) is 0.594. The van der Waals surface area contributed by atoms with Crippen molar-refractivity contribution >= 4 is 0 Å². The molecule has 0 atom stereocenters. The molecule has 24 heavy (non-hydrogen) atoms. The molecule has 2 aromatic rings. The van der Waals surface area contributed by atoms with Gasteiger partial charge in [-0.05, 0) is 88.3 Å². The summed E-state index contributed by atoms with van der Waals surface area (Å²) in [4.78, 5) is 13.0. The first-order valence-electron chi connectivity index (χ1n) is 8.89. The van der Waals surface area contributed by atoms with Gasteiger partial charge in [0.2, 0.25) is 0 Å². The van der Waals surface area contributed by atoms with E-state index in [9.17, 15) is 0 Å². The van der Waals surface area contributed by atoms with Gasteiger partial charge in [0, 0.05) is 37.9 Å². The summed E-state index contributed by atoms with van der Waals surface area (Å²) in [6.07, 6.45) is 12.2. The summed E-state index contributed by atoms with van der Waals surface area (Å²) in [5.41, 5.74) is 2.74. The van der Waals surface area contributed by atoms with Gasteiger partial charge in [-0.1, -0.05) is 0 Å². The number of nitrogens with zero attached hydrogens (tertiary/aromatic N) is 4. The summed E-state index contributed by atoms with van der Waals surface area (Å²) in [5, 5.41) is 0. The van der Waals surface area contributed by atoms with Crippen LogP contribution in [0.3, 0.4) is 0 Å². The van der Waals surface area contributed by atoms with E-state index in [1.54, 1.807) is 0 Å². The molecule has 0 amide bonds. The Bertz CT molecular complexity index is 493. The second kappa shape index (κ2) is 10.9. The van der Waals surface area contributed by atoms with Gasteiger partial charge < -0.3 is 9.80 Å². The highest BCUT2D eigenvalue weighted by molar-refractivity contribution is 5.10. The van der Waals surface area contributed by atoms with E-state index in [2.05, 4.69) is 58.1 Å². The normalized spacial score (nSPS) is 11.3. The Morgan fingerprint density at radius 3 is 1.38 bits per heavy atom. The molecular weight excluding hydrogens is 296 g/mol. The number of unbranched alkanes of at least 4 members (excludes halogenated alkanes) is 1. The fourth-order valence-electron chi connectivity index (χ4n) is 2.73. The number of rotatable bonds is 11. The lowest BCUT2D eigenvalue weighted by molar-refractivity contribution is 0.296. The number of hydrogen-bond acceptors (Lipinski definition) is 4. The average molecular weight is 326 g/mol. The molecule has 0 N–H and O–H groups in total. The van der Waals surface area contributed by atoms with Crippen LogP contribution < -0.4 is 0 Å². The Morgan fingerprint density at radius 1 is 0.625 bits per heavy atom. The van der Waals surface area contributed by atoms with Crippen LogP contribution in [0.2, 0.25) is 0 Å². The minimum atomic E-state index is 1.10. The van der Waals surface area contributed by atoms with Gasteiger partial charge in [0.25, 0.3) is 0 Å². The Kier molecular flexibility index (Phi) is 8.42. The lowest BCUT2D eigenvalue weighted by atomic mass is 10.2. The number of aromatic nitrogens is 2. The molecule has 2 heterocycles. The highest BCUT2D eigenvalue weighted by atomic mass is 15.1. The van der Waals surface area contributed by atoms with Crippen LogP contribution in [0.25, 0.3) is 0 Å². The molecule has 0 saturated carbocycles. The first-order valence-corrected chi connectivity index (χ1v) is 8.89. The zero-order valence-corrected chi connectivity index (χ0v) is 15.1. The first-order chi connectivity index (χ1) is 11.7. The third kappa shape index (κ3) is 7.66. The molecule has 2 aromatic heterocycles. The second-order valence-electron chi connectivity index (χ2n) is 6.52. The first kappa shape index (κ1) is 18.6. The predicted octanol–water partition coefficient (Wildman–Crippen LogP) is 2.91. The maximum atomic E-state index is 4.06. The molecule has 0 spiro atoms. The summed E-state index contributed by atoms with van der Waals surface area (Å²) < 4.78 is 0. The third-order valence-corrected chi connectivity index (χ3v) is 4.39. The van der Waals surface area contributed by atoms with Crippen molar-refractivity contribution in [3.05, 3.63) is 60.2 Å². The van der Waals surface area contributed by atoms with Crippen LogP contribution in [-0.2, 0) is 12.8 Å². The topological polar surface area (TPSA) is 32.3 Å². The Labute approximate surface area is 146 Å². The summed E-state index contributed by atoms with van der Waals surface area (Å²) in [5.74, 6) is 0. The van der Waals surface area contributed by atoms with E-state index in [1.807, 2.05) is 24.8 Å². The van der Waals surface area contributed by atoms with Gasteiger partial charge in [-0.2, -0.15) is 0 Å². The molecule has 0 radical (unpaired) electrons. The molecule has 0 saturated heterocycles. The smallest absolute Gasteiger partial charge is 0.0270 e. The van der Waals surface area contributed by atoms with Gasteiger partial charge in [0.05, 0.1) is 0 Å². The predicted molar refractivity (Wildman–Crippen MR) is 100 cm³/mol. The zero-order valence-electron chi connectivity index (χ0n) is 15.1. The molecule has 2 rings (SSSR count). The van der Waals surface area contributed by atoms with E-state index in [0.717, 1.165) is 25.9 Å². The van der Waals surface area contributed by atoms with Gasteiger partial charge in [0.1, 0.15) is 0 Å². The highest BCUT2D eigenvalue weighted by Crippen LogP contribution is 2.02. The zero-order chi connectivity index (χ0) is 17.0.